The zero-order valence-corrected chi connectivity index (χ0v) is 11.9. The molecule has 0 aromatic heterocycles. The van der Waals surface area contributed by atoms with Crippen LogP contribution in [0, 0.1) is 11.3 Å². The van der Waals surface area contributed by atoms with Crippen LogP contribution in [-0.4, -0.2) is 29.1 Å². The molecular formula is C13H25NOS. The summed E-state index contributed by atoms with van der Waals surface area (Å²) in [6.45, 7) is 9.39. The van der Waals surface area contributed by atoms with Gasteiger partial charge in [-0.25, -0.2) is 0 Å². The number of hydrogen-bond donors (Lipinski definition) is 1. The molecule has 1 saturated carbocycles. The Balaban J connectivity index is 2.54. The molecule has 1 amide bonds. The summed E-state index contributed by atoms with van der Waals surface area (Å²) in [5.41, 5.74) is 0.240. The highest BCUT2D eigenvalue weighted by atomic mass is 32.1. The van der Waals surface area contributed by atoms with Crippen molar-refractivity contribution in [3.05, 3.63) is 0 Å². The normalized spacial score (nSPS) is 17.9. The summed E-state index contributed by atoms with van der Waals surface area (Å²) in [6, 6.07) is 0.311. The van der Waals surface area contributed by atoms with E-state index in [9.17, 15) is 4.79 Å². The van der Waals surface area contributed by atoms with Crippen molar-refractivity contribution in [2.45, 2.75) is 53.0 Å². The molecule has 0 saturated heterocycles. The summed E-state index contributed by atoms with van der Waals surface area (Å²) in [7, 11) is 0. The lowest BCUT2D eigenvalue weighted by molar-refractivity contribution is -0.134. The fraction of sp³-hybridized carbons (Fsp3) is 0.923. The fourth-order valence-electron chi connectivity index (χ4n) is 1.98. The van der Waals surface area contributed by atoms with Crippen LogP contribution in [0.25, 0.3) is 0 Å². The maximum absolute atomic E-state index is 12.2. The van der Waals surface area contributed by atoms with E-state index in [0.29, 0.717) is 24.3 Å². The van der Waals surface area contributed by atoms with Crippen molar-refractivity contribution in [3.63, 3.8) is 0 Å². The second kappa shape index (κ2) is 5.44. The molecule has 2 nitrogen and oxygen atoms in total. The third-order valence-electron chi connectivity index (χ3n) is 3.32. The minimum Gasteiger partial charge on any atom is -0.340 e. The maximum Gasteiger partial charge on any atom is 0.223 e. The van der Waals surface area contributed by atoms with Gasteiger partial charge in [-0.3, -0.25) is 4.79 Å². The first-order chi connectivity index (χ1) is 7.40. The van der Waals surface area contributed by atoms with Gasteiger partial charge in [-0.15, -0.1) is 0 Å². The molecule has 0 aromatic carbocycles. The maximum atomic E-state index is 12.2. The smallest absolute Gasteiger partial charge is 0.223 e. The van der Waals surface area contributed by atoms with E-state index in [1.807, 2.05) is 4.90 Å². The van der Waals surface area contributed by atoms with Gasteiger partial charge in [0.1, 0.15) is 0 Å². The van der Waals surface area contributed by atoms with Crippen LogP contribution in [0.2, 0.25) is 0 Å². The predicted octanol–water partition coefficient (Wildman–Crippen LogP) is 2.98. The molecule has 1 rings (SSSR count). The van der Waals surface area contributed by atoms with Gasteiger partial charge < -0.3 is 4.90 Å². The summed E-state index contributed by atoms with van der Waals surface area (Å²) in [4.78, 5) is 14.2. The molecule has 1 fully saturated rings. The molecule has 3 heteroatoms. The van der Waals surface area contributed by atoms with Crippen LogP contribution in [0.5, 0.6) is 0 Å². The third kappa shape index (κ3) is 3.69. The Hall–Kier alpha value is -0.180. The second-order valence-corrected chi connectivity index (χ2v) is 6.18. The van der Waals surface area contributed by atoms with Gasteiger partial charge in [0.25, 0.3) is 0 Å². The van der Waals surface area contributed by atoms with Crippen molar-refractivity contribution < 1.29 is 4.79 Å². The van der Waals surface area contributed by atoms with E-state index in [2.05, 4.69) is 40.3 Å². The van der Waals surface area contributed by atoms with E-state index in [0.717, 1.165) is 12.3 Å². The highest BCUT2D eigenvalue weighted by Gasteiger charge is 2.43. The Bertz CT molecular complexity index is 246. The van der Waals surface area contributed by atoms with Crippen molar-refractivity contribution in [2.75, 3.05) is 12.3 Å². The molecule has 16 heavy (non-hydrogen) atoms. The third-order valence-corrected chi connectivity index (χ3v) is 4.00. The van der Waals surface area contributed by atoms with Gasteiger partial charge in [0.05, 0.1) is 0 Å². The molecule has 0 aromatic rings. The lowest BCUT2D eigenvalue weighted by Crippen LogP contribution is -2.40. The minimum absolute atomic E-state index is 0.240. The molecular weight excluding hydrogens is 218 g/mol. The van der Waals surface area contributed by atoms with Crippen LogP contribution >= 0.6 is 12.6 Å². The molecule has 0 radical (unpaired) electrons. The summed E-state index contributed by atoms with van der Waals surface area (Å²) < 4.78 is 0. The molecule has 0 unspecified atom stereocenters. The van der Waals surface area contributed by atoms with Gasteiger partial charge in [-0.1, -0.05) is 13.8 Å². The Labute approximate surface area is 105 Å². The number of carbonyl (C=O) groups excluding carboxylic acids is 1. The van der Waals surface area contributed by atoms with Gasteiger partial charge in [0.15, 0.2) is 0 Å². The lowest BCUT2D eigenvalue weighted by atomic mass is 10.0. The van der Waals surface area contributed by atoms with Gasteiger partial charge in [0.2, 0.25) is 5.91 Å². The number of hydrogen-bond acceptors (Lipinski definition) is 2. The van der Waals surface area contributed by atoms with Crippen molar-refractivity contribution >= 4 is 18.5 Å². The van der Waals surface area contributed by atoms with Crippen LogP contribution in [-0.2, 0) is 4.79 Å². The molecule has 0 atom stereocenters. The first kappa shape index (κ1) is 13.9. The van der Waals surface area contributed by atoms with E-state index in [4.69, 9.17) is 0 Å². The number of amides is 1. The molecule has 1 aliphatic carbocycles. The Morgan fingerprint density at radius 1 is 1.31 bits per heavy atom. The molecule has 0 spiro atoms. The van der Waals surface area contributed by atoms with Crippen molar-refractivity contribution in [1.82, 2.24) is 4.90 Å². The number of nitrogens with zero attached hydrogens (tertiary/aromatic N) is 1. The van der Waals surface area contributed by atoms with Crippen LogP contribution in [0.3, 0.4) is 0 Å². The topological polar surface area (TPSA) is 20.3 Å². The van der Waals surface area contributed by atoms with E-state index in [1.54, 1.807) is 0 Å². The van der Waals surface area contributed by atoms with Gasteiger partial charge in [-0.05, 0) is 43.8 Å². The first-order valence-electron chi connectivity index (χ1n) is 6.30. The summed E-state index contributed by atoms with van der Waals surface area (Å²) in [5.74, 6) is 1.71. The van der Waals surface area contributed by atoms with E-state index >= 15 is 0 Å². The zero-order valence-electron chi connectivity index (χ0n) is 11.0. The largest absolute Gasteiger partial charge is 0.340 e. The zero-order chi connectivity index (χ0) is 12.3. The van der Waals surface area contributed by atoms with Gasteiger partial charge in [0, 0.05) is 19.0 Å². The fourth-order valence-corrected chi connectivity index (χ4v) is 2.41. The van der Waals surface area contributed by atoms with Crippen LogP contribution in [0.4, 0.5) is 0 Å². The summed E-state index contributed by atoms with van der Waals surface area (Å²) in [5, 5.41) is 0. The van der Waals surface area contributed by atoms with E-state index in [-0.39, 0.29) is 5.41 Å². The lowest BCUT2D eigenvalue weighted by Gasteiger charge is -2.30. The molecule has 0 aliphatic heterocycles. The Morgan fingerprint density at radius 3 is 2.19 bits per heavy atom. The highest BCUT2D eigenvalue weighted by molar-refractivity contribution is 7.80. The Kier molecular flexibility index (Phi) is 4.72. The SMILES string of the molecule is CC(C)CN(C(=O)CC1(CS)CC1)C(C)C. The molecule has 94 valence electrons. The number of carbonyl (C=O) groups is 1. The van der Waals surface area contributed by atoms with Gasteiger partial charge >= 0.3 is 0 Å². The molecule has 0 N–H and O–H groups in total. The molecule has 0 bridgehead atoms. The molecule has 0 heterocycles. The first-order valence-corrected chi connectivity index (χ1v) is 6.94. The van der Waals surface area contributed by atoms with E-state index < -0.39 is 0 Å². The monoisotopic (exact) mass is 243 g/mol. The quantitative estimate of drug-likeness (QED) is 0.711. The average Bonchev–Trinajstić information content (AvgIpc) is 2.94. The van der Waals surface area contributed by atoms with Crippen LogP contribution < -0.4 is 0 Å². The number of thiol groups is 1. The Morgan fingerprint density at radius 2 is 1.88 bits per heavy atom. The minimum atomic E-state index is 0.240. The number of rotatable bonds is 6. The van der Waals surface area contributed by atoms with Crippen molar-refractivity contribution in [1.29, 1.82) is 0 Å². The second-order valence-electron chi connectivity index (χ2n) is 5.87. The van der Waals surface area contributed by atoms with Crippen molar-refractivity contribution in [3.8, 4) is 0 Å². The van der Waals surface area contributed by atoms with Crippen LogP contribution in [0.1, 0.15) is 47.0 Å². The van der Waals surface area contributed by atoms with Gasteiger partial charge in [-0.2, -0.15) is 12.6 Å². The van der Waals surface area contributed by atoms with E-state index in [1.165, 1.54) is 12.8 Å². The molecule has 1 aliphatic rings. The average molecular weight is 243 g/mol. The predicted molar refractivity (Wildman–Crippen MR) is 71.8 cm³/mol. The van der Waals surface area contributed by atoms with Crippen molar-refractivity contribution in [2.24, 2.45) is 11.3 Å². The highest BCUT2D eigenvalue weighted by Crippen LogP contribution is 2.49. The summed E-state index contributed by atoms with van der Waals surface area (Å²) >= 11 is 4.36. The standard InChI is InChI=1S/C13H25NOS/c1-10(2)8-14(11(3)4)12(15)7-13(9-16)5-6-13/h10-11,16H,5-9H2,1-4H3. The van der Waals surface area contributed by atoms with Crippen LogP contribution in [0.15, 0.2) is 0 Å². The summed E-state index contributed by atoms with van der Waals surface area (Å²) in [6.07, 6.45) is 3.05.